The third-order valence-corrected chi connectivity index (χ3v) is 2.74. The molecule has 6 nitrogen and oxygen atoms in total. The Labute approximate surface area is 110 Å². The Morgan fingerprint density at radius 1 is 1.58 bits per heavy atom. The van der Waals surface area contributed by atoms with Crippen LogP contribution in [0.4, 0.5) is 5.69 Å². The van der Waals surface area contributed by atoms with Crippen molar-refractivity contribution in [1.29, 1.82) is 0 Å². The summed E-state index contributed by atoms with van der Waals surface area (Å²) in [5.74, 6) is -0.317. The quantitative estimate of drug-likeness (QED) is 0.483. The third-order valence-electron chi connectivity index (χ3n) is 2.74. The van der Waals surface area contributed by atoms with Crippen molar-refractivity contribution >= 4 is 11.5 Å². The highest BCUT2D eigenvalue weighted by molar-refractivity contribution is 5.95. The lowest BCUT2D eigenvalue weighted by molar-refractivity contribution is -0.387. The first-order chi connectivity index (χ1) is 8.93. The van der Waals surface area contributed by atoms with E-state index in [0.29, 0.717) is 0 Å². The molecule has 1 aromatic rings. The van der Waals surface area contributed by atoms with E-state index < -0.39 is 11.0 Å². The van der Waals surface area contributed by atoms with Gasteiger partial charge in [-0.3, -0.25) is 14.9 Å². The zero-order valence-corrected chi connectivity index (χ0v) is 10.8. The summed E-state index contributed by atoms with van der Waals surface area (Å²) in [5, 5.41) is 21.1. The molecule has 0 unspecified atom stereocenters. The number of nitrogens with zero attached hydrogens (tertiary/aromatic N) is 1. The van der Waals surface area contributed by atoms with Crippen LogP contribution in [0.5, 0.6) is 5.75 Å². The van der Waals surface area contributed by atoms with Crippen LogP contribution in [0.1, 0.15) is 25.0 Å². The van der Waals surface area contributed by atoms with E-state index in [9.17, 15) is 20.0 Å². The topological polar surface area (TPSA) is 89.7 Å². The van der Waals surface area contributed by atoms with Gasteiger partial charge in [-0.05, 0) is 12.1 Å². The number of hydrogen-bond acceptors (Lipinski definition) is 5. The molecule has 102 valence electrons. The number of methoxy groups -OCH3 is 1. The first kappa shape index (κ1) is 14.8. The third kappa shape index (κ3) is 2.97. The van der Waals surface area contributed by atoms with Crippen molar-refractivity contribution in [3.63, 3.8) is 0 Å². The van der Waals surface area contributed by atoms with E-state index in [2.05, 4.69) is 6.58 Å². The molecule has 1 N–H and O–H groups in total. The van der Waals surface area contributed by atoms with Crippen LogP contribution < -0.4 is 4.74 Å². The first-order valence-corrected chi connectivity index (χ1v) is 5.65. The fourth-order valence-corrected chi connectivity index (χ4v) is 1.69. The summed E-state index contributed by atoms with van der Waals surface area (Å²) in [5.41, 5.74) is -0.433. The second-order valence-corrected chi connectivity index (χ2v) is 3.86. The zero-order valence-electron chi connectivity index (χ0n) is 10.8. The smallest absolute Gasteiger partial charge is 0.317 e. The molecule has 1 aromatic carbocycles. The van der Waals surface area contributed by atoms with Crippen molar-refractivity contribution in [2.75, 3.05) is 7.11 Å². The number of benzene rings is 1. The Balaban J connectivity index is 3.30. The SMILES string of the molecule is C=C(C(=O)CC)[C@H](O)c1cccc(OC)c1[N+](=O)[O-]. The van der Waals surface area contributed by atoms with Gasteiger partial charge in [0.1, 0.15) is 6.10 Å². The van der Waals surface area contributed by atoms with Crippen LogP contribution in [0, 0.1) is 10.1 Å². The number of carbonyl (C=O) groups is 1. The van der Waals surface area contributed by atoms with Gasteiger partial charge in [0.25, 0.3) is 0 Å². The largest absolute Gasteiger partial charge is 0.490 e. The maximum atomic E-state index is 11.5. The number of ether oxygens (including phenoxy) is 1. The van der Waals surface area contributed by atoms with Crippen molar-refractivity contribution < 1.29 is 19.6 Å². The number of nitro groups is 1. The van der Waals surface area contributed by atoms with Gasteiger partial charge in [0.15, 0.2) is 11.5 Å². The van der Waals surface area contributed by atoms with Gasteiger partial charge in [-0.15, -0.1) is 0 Å². The van der Waals surface area contributed by atoms with Gasteiger partial charge in [-0.2, -0.15) is 0 Å². The number of rotatable bonds is 6. The van der Waals surface area contributed by atoms with E-state index >= 15 is 0 Å². The minimum Gasteiger partial charge on any atom is -0.490 e. The Morgan fingerprint density at radius 3 is 2.68 bits per heavy atom. The van der Waals surface area contributed by atoms with Crippen molar-refractivity contribution in [3.05, 3.63) is 46.0 Å². The molecule has 0 aliphatic rings. The summed E-state index contributed by atoms with van der Waals surface area (Å²) in [4.78, 5) is 21.9. The Morgan fingerprint density at radius 2 is 2.21 bits per heavy atom. The molecule has 0 saturated heterocycles. The van der Waals surface area contributed by atoms with E-state index in [1.807, 2.05) is 0 Å². The van der Waals surface area contributed by atoms with Gasteiger partial charge in [0, 0.05) is 12.0 Å². The summed E-state index contributed by atoms with van der Waals surface area (Å²) < 4.78 is 4.90. The fourth-order valence-electron chi connectivity index (χ4n) is 1.69. The molecule has 0 aliphatic heterocycles. The molecular weight excluding hydrogens is 250 g/mol. The van der Waals surface area contributed by atoms with E-state index in [-0.39, 0.29) is 34.8 Å². The second-order valence-electron chi connectivity index (χ2n) is 3.86. The highest BCUT2D eigenvalue weighted by Gasteiger charge is 2.28. The van der Waals surface area contributed by atoms with Crippen LogP contribution in [0.2, 0.25) is 0 Å². The van der Waals surface area contributed by atoms with E-state index in [1.54, 1.807) is 6.92 Å². The van der Waals surface area contributed by atoms with Crippen molar-refractivity contribution in [2.24, 2.45) is 0 Å². The van der Waals surface area contributed by atoms with E-state index in [1.165, 1.54) is 25.3 Å². The van der Waals surface area contributed by atoms with E-state index in [4.69, 9.17) is 4.74 Å². The predicted octanol–water partition coefficient (Wildman–Crippen LogP) is 2.17. The standard InChI is InChI=1S/C13H15NO5/c1-4-10(15)8(2)13(16)9-6-5-7-11(19-3)12(9)14(17)18/h5-7,13,16H,2,4H2,1,3H3/t13-/m0/s1. The normalized spacial score (nSPS) is 11.7. The van der Waals surface area contributed by atoms with Crippen LogP contribution in [0.3, 0.4) is 0 Å². The lowest BCUT2D eigenvalue weighted by atomic mass is 9.97. The van der Waals surface area contributed by atoms with Crippen LogP contribution in [-0.4, -0.2) is 22.9 Å². The van der Waals surface area contributed by atoms with Crippen LogP contribution in [0.25, 0.3) is 0 Å². The van der Waals surface area contributed by atoms with Crippen LogP contribution in [0.15, 0.2) is 30.4 Å². The molecule has 0 amide bonds. The monoisotopic (exact) mass is 265 g/mol. The minimum atomic E-state index is -1.41. The number of nitro benzene ring substituents is 1. The average Bonchev–Trinajstić information content (AvgIpc) is 2.43. The summed E-state index contributed by atoms with van der Waals surface area (Å²) in [6.07, 6.45) is -1.24. The lowest BCUT2D eigenvalue weighted by Crippen LogP contribution is -2.11. The van der Waals surface area contributed by atoms with Crippen LogP contribution >= 0.6 is 0 Å². The van der Waals surface area contributed by atoms with Gasteiger partial charge in [-0.25, -0.2) is 0 Å². The summed E-state index contributed by atoms with van der Waals surface area (Å²) in [6, 6.07) is 4.30. The Kier molecular flexibility index (Phi) is 4.77. The number of Topliss-reactive ketones (excluding diaryl/α,β-unsaturated/α-hetero) is 1. The zero-order chi connectivity index (χ0) is 14.6. The molecule has 0 spiro atoms. The number of para-hydroxylation sites is 1. The van der Waals surface area contributed by atoms with Gasteiger partial charge in [0.2, 0.25) is 0 Å². The number of hydrogen-bond donors (Lipinski definition) is 1. The molecular formula is C13H15NO5. The average molecular weight is 265 g/mol. The molecule has 0 radical (unpaired) electrons. The number of aliphatic hydroxyl groups is 1. The highest BCUT2D eigenvalue weighted by atomic mass is 16.6. The minimum absolute atomic E-state index is 0.00356. The highest BCUT2D eigenvalue weighted by Crippen LogP contribution is 2.36. The predicted molar refractivity (Wildman–Crippen MR) is 69.0 cm³/mol. The molecule has 0 aromatic heterocycles. The Bertz CT molecular complexity index is 524. The Hall–Kier alpha value is -2.21. The summed E-state index contributed by atoms with van der Waals surface area (Å²) >= 11 is 0. The van der Waals surface area contributed by atoms with E-state index in [0.717, 1.165) is 0 Å². The van der Waals surface area contributed by atoms with Gasteiger partial charge < -0.3 is 9.84 Å². The van der Waals surface area contributed by atoms with Gasteiger partial charge in [0.05, 0.1) is 17.6 Å². The number of aliphatic hydroxyl groups excluding tert-OH is 1. The maximum Gasteiger partial charge on any atom is 0.317 e. The molecule has 6 heteroatoms. The number of ketones is 1. The van der Waals surface area contributed by atoms with Gasteiger partial charge in [-0.1, -0.05) is 19.6 Å². The van der Waals surface area contributed by atoms with Crippen molar-refractivity contribution in [1.82, 2.24) is 0 Å². The maximum absolute atomic E-state index is 11.5. The lowest BCUT2D eigenvalue weighted by Gasteiger charge is -2.14. The summed E-state index contributed by atoms with van der Waals surface area (Å²) in [6.45, 7) is 5.12. The molecule has 1 rings (SSSR count). The summed E-state index contributed by atoms with van der Waals surface area (Å²) in [7, 11) is 1.30. The fraction of sp³-hybridized carbons (Fsp3) is 0.308. The van der Waals surface area contributed by atoms with Gasteiger partial charge >= 0.3 is 5.69 Å². The molecule has 1 atom stereocenters. The second kappa shape index (κ2) is 6.10. The molecule has 0 saturated carbocycles. The van der Waals surface area contributed by atoms with Crippen LogP contribution in [-0.2, 0) is 4.79 Å². The molecule has 0 aliphatic carbocycles. The molecule has 0 bridgehead atoms. The molecule has 0 heterocycles. The molecule has 0 fully saturated rings. The molecule has 19 heavy (non-hydrogen) atoms. The number of carbonyl (C=O) groups excluding carboxylic acids is 1. The van der Waals surface area contributed by atoms with Crippen molar-refractivity contribution in [2.45, 2.75) is 19.4 Å². The van der Waals surface area contributed by atoms with Crippen molar-refractivity contribution in [3.8, 4) is 5.75 Å². The first-order valence-electron chi connectivity index (χ1n) is 5.65.